The van der Waals surface area contributed by atoms with E-state index in [9.17, 15) is 9.59 Å². The molecule has 0 spiro atoms. The number of tetrazole rings is 1. The Morgan fingerprint density at radius 2 is 1.60 bits per heavy atom. The molecule has 9 nitrogen and oxygen atoms in total. The number of aryl methyl sites for hydroxylation is 1. The number of carbonyl (C=O) groups excluding carboxylic acids is 2. The van der Waals surface area contributed by atoms with Gasteiger partial charge in [-0.2, -0.15) is 5.21 Å². The molecule has 2 heterocycles. The monoisotopic (exact) mass is 599 g/mol. The van der Waals surface area contributed by atoms with Crippen molar-refractivity contribution in [1.29, 1.82) is 0 Å². The molecule has 1 aromatic heterocycles. The summed E-state index contributed by atoms with van der Waals surface area (Å²) in [6.07, 6.45) is 1.50. The smallest absolute Gasteiger partial charge is 0.249 e. The quantitative estimate of drug-likeness (QED) is 0.197. The molecule has 0 radical (unpaired) electrons. The average molecular weight is 600 g/mol. The van der Waals surface area contributed by atoms with Crippen LogP contribution in [0, 0.1) is 0 Å². The summed E-state index contributed by atoms with van der Waals surface area (Å²) in [6, 6.07) is 33.6. The predicted octanol–water partition coefficient (Wildman–Crippen LogP) is 5.46. The first-order chi connectivity index (χ1) is 21.9. The van der Waals surface area contributed by atoms with E-state index in [0.717, 1.165) is 39.1 Å². The molecule has 228 valence electrons. The van der Waals surface area contributed by atoms with Crippen molar-refractivity contribution in [2.45, 2.75) is 57.8 Å². The highest BCUT2D eigenvalue weighted by Crippen LogP contribution is 2.32. The molecule has 2 amide bonds. The fraction of sp³-hybridized carbons (Fsp3) is 0.250. The van der Waals surface area contributed by atoms with E-state index in [1.54, 1.807) is 0 Å². The van der Waals surface area contributed by atoms with E-state index >= 15 is 0 Å². The molecular weight excluding hydrogens is 562 g/mol. The Bertz CT molecular complexity index is 1750. The lowest BCUT2D eigenvalue weighted by Gasteiger charge is -2.29. The lowest BCUT2D eigenvalue weighted by Crippen LogP contribution is -2.50. The summed E-state index contributed by atoms with van der Waals surface area (Å²) in [5, 5.41) is 21.1. The molecule has 1 atom stereocenters. The highest BCUT2D eigenvalue weighted by molar-refractivity contribution is 6.00. The van der Waals surface area contributed by atoms with E-state index in [1.165, 1.54) is 0 Å². The Kier molecular flexibility index (Phi) is 8.79. The van der Waals surface area contributed by atoms with Crippen molar-refractivity contribution in [3.63, 3.8) is 0 Å². The average Bonchev–Trinajstić information content (AvgIpc) is 3.57. The molecule has 6 rings (SSSR count). The van der Waals surface area contributed by atoms with Crippen LogP contribution in [0.3, 0.4) is 0 Å². The molecule has 3 N–H and O–H groups in total. The number of carbonyl (C=O) groups is 2. The lowest BCUT2D eigenvalue weighted by atomic mass is 9.98. The SMILES string of the molecule is CC(C)(CC(=O)N[C@@H]1CCc2ccccc2N(Cc2ccc(-c3ccccc3-c3nn[nH]n3)cc2)C1=O)NCc1ccccc1. The van der Waals surface area contributed by atoms with E-state index in [1.807, 2.05) is 104 Å². The van der Waals surface area contributed by atoms with Gasteiger partial charge in [-0.05, 0) is 65.8 Å². The number of fused-ring (bicyclic) bond motifs is 1. The largest absolute Gasteiger partial charge is 0.344 e. The maximum absolute atomic E-state index is 14.1. The van der Waals surface area contributed by atoms with Gasteiger partial charge in [-0.3, -0.25) is 9.59 Å². The summed E-state index contributed by atoms with van der Waals surface area (Å²) in [5.74, 6) is 0.286. The minimum Gasteiger partial charge on any atom is -0.344 e. The van der Waals surface area contributed by atoms with E-state index < -0.39 is 11.6 Å². The van der Waals surface area contributed by atoms with Crippen LogP contribution in [0.5, 0.6) is 0 Å². The van der Waals surface area contributed by atoms with Gasteiger partial charge in [-0.25, -0.2) is 0 Å². The number of nitrogens with zero attached hydrogens (tertiary/aromatic N) is 4. The predicted molar refractivity (Wildman–Crippen MR) is 175 cm³/mol. The summed E-state index contributed by atoms with van der Waals surface area (Å²) >= 11 is 0. The molecule has 4 aromatic carbocycles. The zero-order valence-corrected chi connectivity index (χ0v) is 25.5. The van der Waals surface area contributed by atoms with Crippen molar-refractivity contribution in [3.8, 4) is 22.5 Å². The van der Waals surface area contributed by atoms with Crippen molar-refractivity contribution < 1.29 is 9.59 Å². The normalized spacial score (nSPS) is 14.9. The topological polar surface area (TPSA) is 116 Å². The zero-order chi connectivity index (χ0) is 31.2. The van der Waals surface area contributed by atoms with Crippen LogP contribution in [0.25, 0.3) is 22.5 Å². The Labute approximate surface area is 263 Å². The summed E-state index contributed by atoms with van der Waals surface area (Å²) in [5.41, 5.74) is 6.56. The molecule has 0 bridgehead atoms. The molecular formula is C36H37N7O2. The molecule has 0 aliphatic carbocycles. The third kappa shape index (κ3) is 7.16. The van der Waals surface area contributed by atoms with E-state index in [0.29, 0.717) is 31.8 Å². The van der Waals surface area contributed by atoms with Crippen LogP contribution in [0.1, 0.15) is 43.4 Å². The zero-order valence-electron chi connectivity index (χ0n) is 25.5. The van der Waals surface area contributed by atoms with Crippen LogP contribution >= 0.6 is 0 Å². The second-order valence-corrected chi connectivity index (χ2v) is 12.1. The second kappa shape index (κ2) is 13.2. The van der Waals surface area contributed by atoms with Crippen LogP contribution in [0.2, 0.25) is 0 Å². The van der Waals surface area contributed by atoms with Gasteiger partial charge in [-0.15, -0.1) is 10.2 Å². The number of aromatic nitrogens is 4. The molecule has 45 heavy (non-hydrogen) atoms. The Morgan fingerprint density at radius 3 is 2.36 bits per heavy atom. The van der Waals surface area contributed by atoms with Gasteiger partial charge in [0.25, 0.3) is 0 Å². The number of hydrogen-bond acceptors (Lipinski definition) is 6. The molecule has 0 saturated heterocycles. The molecule has 9 heteroatoms. The molecule has 0 saturated carbocycles. The first-order valence-electron chi connectivity index (χ1n) is 15.3. The Morgan fingerprint density at radius 1 is 0.889 bits per heavy atom. The first kappa shape index (κ1) is 29.9. The molecule has 0 fully saturated rings. The Hall–Kier alpha value is -5.15. The van der Waals surface area contributed by atoms with Crippen molar-refractivity contribution in [2.24, 2.45) is 0 Å². The van der Waals surface area contributed by atoms with Gasteiger partial charge in [-0.1, -0.05) is 97.1 Å². The minimum atomic E-state index is -0.615. The summed E-state index contributed by atoms with van der Waals surface area (Å²) in [4.78, 5) is 29.2. The van der Waals surface area contributed by atoms with Crippen molar-refractivity contribution in [1.82, 2.24) is 31.3 Å². The number of para-hydroxylation sites is 1. The third-order valence-electron chi connectivity index (χ3n) is 8.22. The van der Waals surface area contributed by atoms with E-state index in [2.05, 4.69) is 49.5 Å². The minimum absolute atomic E-state index is 0.102. The third-order valence-corrected chi connectivity index (χ3v) is 8.22. The van der Waals surface area contributed by atoms with Crippen molar-refractivity contribution in [2.75, 3.05) is 4.90 Å². The fourth-order valence-electron chi connectivity index (χ4n) is 5.84. The number of aromatic amines is 1. The van der Waals surface area contributed by atoms with Crippen LogP contribution < -0.4 is 15.5 Å². The van der Waals surface area contributed by atoms with Crippen molar-refractivity contribution >= 4 is 17.5 Å². The standard InChI is InChI=1S/C36H37N7O2/c1-36(2,37-23-25-10-4-3-5-11-25)22-33(44)38-31-21-20-28-12-6-9-15-32(28)43(35(31)45)24-26-16-18-27(19-17-26)29-13-7-8-14-30(29)34-39-41-42-40-34/h3-19,31,37H,20-24H2,1-2H3,(H,38,44)(H,39,40,41,42)/t31-/m1/s1. The van der Waals surface area contributed by atoms with Gasteiger partial charge in [0.2, 0.25) is 17.6 Å². The summed E-state index contributed by atoms with van der Waals surface area (Å²) in [7, 11) is 0. The van der Waals surface area contributed by atoms with E-state index in [4.69, 9.17) is 0 Å². The fourth-order valence-corrected chi connectivity index (χ4v) is 5.84. The maximum Gasteiger partial charge on any atom is 0.249 e. The van der Waals surface area contributed by atoms with Crippen LogP contribution in [-0.4, -0.2) is 44.0 Å². The molecule has 0 unspecified atom stereocenters. The van der Waals surface area contributed by atoms with Gasteiger partial charge in [0, 0.05) is 29.8 Å². The molecule has 1 aliphatic heterocycles. The highest BCUT2D eigenvalue weighted by Gasteiger charge is 2.32. The number of anilines is 1. The number of amides is 2. The molecule has 5 aromatic rings. The van der Waals surface area contributed by atoms with Gasteiger partial charge < -0.3 is 15.5 Å². The lowest BCUT2D eigenvalue weighted by molar-refractivity contribution is -0.128. The number of H-pyrrole nitrogens is 1. The summed E-state index contributed by atoms with van der Waals surface area (Å²) in [6.45, 7) is 5.07. The van der Waals surface area contributed by atoms with Crippen molar-refractivity contribution in [3.05, 3.63) is 120 Å². The maximum atomic E-state index is 14.1. The number of benzene rings is 4. The molecule has 1 aliphatic rings. The van der Waals surface area contributed by atoms with Gasteiger partial charge in [0.1, 0.15) is 6.04 Å². The van der Waals surface area contributed by atoms with Gasteiger partial charge in [0.15, 0.2) is 0 Å². The summed E-state index contributed by atoms with van der Waals surface area (Å²) < 4.78 is 0. The van der Waals surface area contributed by atoms with Gasteiger partial charge in [0.05, 0.1) is 6.54 Å². The van der Waals surface area contributed by atoms with E-state index in [-0.39, 0.29) is 18.2 Å². The van der Waals surface area contributed by atoms with Crippen LogP contribution in [-0.2, 0) is 29.1 Å². The Balaban J connectivity index is 1.17. The van der Waals surface area contributed by atoms with Crippen LogP contribution in [0.15, 0.2) is 103 Å². The number of nitrogens with one attached hydrogen (secondary N) is 3. The van der Waals surface area contributed by atoms with Gasteiger partial charge >= 0.3 is 0 Å². The number of hydrogen-bond donors (Lipinski definition) is 3. The highest BCUT2D eigenvalue weighted by atomic mass is 16.2. The first-order valence-corrected chi connectivity index (χ1v) is 15.3. The second-order valence-electron chi connectivity index (χ2n) is 12.1. The number of rotatable bonds is 10. The van der Waals surface area contributed by atoms with Crippen LogP contribution in [0.4, 0.5) is 5.69 Å².